The molecule has 4 aromatic rings. The van der Waals surface area contributed by atoms with Gasteiger partial charge in [0.05, 0.1) is 23.7 Å². The Labute approximate surface area is 195 Å². The summed E-state index contributed by atoms with van der Waals surface area (Å²) in [4.78, 5) is 47.0. The van der Waals surface area contributed by atoms with Crippen molar-refractivity contribution in [1.29, 1.82) is 0 Å². The fourth-order valence-electron chi connectivity index (χ4n) is 3.48. The summed E-state index contributed by atoms with van der Waals surface area (Å²) in [5, 5.41) is 8.30. The Bertz CT molecular complexity index is 1290. The molecule has 0 spiro atoms. The Morgan fingerprint density at radius 2 is 1.76 bits per heavy atom. The normalized spacial score (nSPS) is 11.7. The lowest BCUT2D eigenvalue weighted by molar-refractivity contribution is -0.145. The molecule has 9 heteroatoms. The highest BCUT2D eigenvalue weighted by Gasteiger charge is 2.25. The quantitative estimate of drug-likeness (QED) is 0.295. The molecule has 2 amide bonds. The van der Waals surface area contributed by atoms with Crippen LogP contribution in [0.15, 0.2) is 79.1 Å². The largest absolute Gasteiger partial charge is 0.345 e. The highest BCUT2D eigenvalue weighted by Crippen LogP contribution is 2.21. The monoisotopic (exact) mass is 457 g/mol. The molecular formula is C25H23N5O4. The molecule has 0 aliphatic heterocycles. The van der Waals surface area contributed by atoms with Crippen LogP contribution in [0.4, 0.5) is 0 Å². The third-order valence-corrected chi connectivity index (χ3v) is 5.12. The SMILES string of the molecule is CCONC(=O)C(=O)CC(NC(=O)c1cccnc1-n1cc2ccccc2n1)c1ccccc1. The minimum Gasteiger partial charge on any atom is -0.345 e. The predicted molar refractivity (Wildman–Crippen MR) is 125 cm³/mol. The number of aromatic nitrogens is 3. The first-order valence-electron chi connectivity index (χ1n) is 10.8. The zero-order valence-electron chi connectivity index (χ0n) is 18.5. The fourth-order valence-corrected chi connectivity index (χ4v) is 3.48. The lowest BCUT2D eigenvalue weighted by Gasteiger charge is -2.19. The van der Waals surface area contributed by atoms with Crippen LogP contribution < -0.4 is 10.8 Å². The molecule has 1 atom stereocenters. The van der Waals surface area contributed by atoms with E-state index in [1.807, 2.05) is 30.3 Å². The van der Waals surface area contributed by atoms with E-state index in [-0.39, 0.29) is 18.6 Å². The van der Waals surface area contributed by atoms with E-state index in [1.54, 1.807) is 60.4 Å². The molecule has 2 aromatic heterocycles. The molecule has 34 heavy (non-hydrogen) atoms. The number of ketones is 1. The number of rotatable bonds is 9. The van der Waals surface area contributed by atoms with Crippen LogP contribution in [-0.2, 0) is 14.4 Å². The summed E-state index contributed by atoms with van der Waals surface area (Å²) in [6.07, 6.45) is 3.13. The van der Waals surface area contributed by atoms with Gasteiger partial charge in [-0.25, -0.2) is 15.1 Å². The number of hydrogen-bond acceptors (Lipinski definition) is 6. The Balaban J connectivity index is 1.61. The number of hydroxylamine groups is 1. The average Bonchev–Trinajstić information content (AvgIpc) is 3.31. The maximum absolute atomic E-state index is 13.3. The predicted octanol–water partition coefficient (Wildman–Crippen LogP) is 2.92. The highest BCUT2D eigenvalue weighted by molar-refractivity contribution is 6.36. The molecule has 2 heterocycles. The van der Waals surface area contributed by atoms with E-state index < -0.39 is 23.6 Å². The van der Waals surface area contributed by atoms with Crippen LogP contribution in [0.1, 0.15) is 35.3 Å². The molecule has 2 aromatic carbocycles. The van der Waals surface area contributed by atoms with E-state index in [4.69, 9.17) is 4.84 Å². The number of nitrogens with zero attached hydrogens (tertiary/aromatic N) is 3. The summed E-state index contributed by atoms with van der Waals surface area (Å²) in [5.74, 6) is -1.69. The summed E-state index contributed by atoms with van der Waals surface area (Å²) in [6, 6.07) is 19.1. The maximum Gasteiger partial charge on any atom is 0.310 e. The second-order valence-electron chi connectivity index (χ2n) is 7.44. The van der Waals surface area contributed by atoms with Gasteiger partial charge in [-0.15, -0.1) is 0 Å². The van der Waals surface area contributed by atoms with Gasteiger partial charge < -0.3 is 5.32 Å². The molecule has 1 unspecified atom stereocenters. The third-order valence-electron chi connectivity index (χ3n) is 5.12. The number of benzene rings is 2. The van der Waals surface area contributed by atoms with Crippen molar-refractivity contribution in [3.05, 3.63) is 90.3 Å². The van der Waals surface area contributed by atoms with Gasteiger partial charge in [-0.2, -0.15) is 5.10 Å². The number of nitrogens with one attached hydrogen (secondary N) is 2. The van der Waals surface area contributed by atoms with Crippen molar-refractivity contribution in [3.63, 3.8) is 0 Å². The zero-order valence-corrected chi connectivity index (χ0v) is 18.5. The Morgan fingerprint density at radius 3 is 2.53 bits per heavy atom. The number of carbonyl (C=O) groups excluding carboxylic acids is 3. The Hall–Kier alpha value is -4.37. The molecule has 0 fully saturated rings. The Kier molecular flexibility index (Phi) is 7.04. The molecule has 0 aliphatic rings. The van der Waals surface area contributed by atoms with E-state index in [0.29, 0.717) is 11.4 Å². The zero-order chi connectivity index (χ0) is 23.9. The van der Waals surface area contributed by atoms with Gasteiger partial charge in [0.2, 0.25) is 5.78 Å². The Morgan fingerprint density at radius 1 is 1.00 bits per heavy atom. The second kappa shape index (κ2) is 10.5. The van der Waals surface area contributed by atoms with Crippen LogP contribution in [0, 0.1) is 0 Å². The molecular weight excluding hydrogens is 434 g/mol. The molecule has 0 saturated carbocycles. The summed E-state index contributed by atoms with van der Waals surface area (Å²) in [5.41, 5.74) is 3.83. The first-order chi connectivity index (χ1) is 16.6. The molecule has 4 rings (SSSR count). The first kappa shape index (κ1) is 22.8. The van der Waals surface area contributed by atoms with Crippen molar-refractivity contribution in [3.8, 4) is 5.82 Å². The van der Waals surface area contributed by atoms with Crippen molar-refractivity contribution in [2.75, 3.05) is 6.61 Å². The number of fused-ring (bicyclic) bond motifs is 1. The van der Waals surface area contributed by atoms with Gasteiger partial charge in [0.15, 0.2) is 5.82 Å². The van der Waals surface area contributed by atoms with Gasteiger partial charge >= 0.3 is 5.91 Å². The van der Waals surface area contributed by atoms with Crippen molar-refractivity contribution in [1.82, 2.24) is 25.6 Å². The molecule has 0 saturated heterocycles. The molecule has 9 nitrogen and oxygen atoms in total. The number of pyridine rings is 1. The van der Waals surface area contributed by atoms with Crippen LogP contribution in [0.25, 0.3) is 16.7 Å². The highest BCUT2D eigenvalue weighted by atomic mass is 16.6. The van der Waals surface area contributed by atoms with Crippen molar-refractivity contribution < 1.29 is 19.2 Å². The van der Waals surface area contributed by atoms with Crippen molar-refractivity contribution in [2.45, 2.75) is 19.4 Å². The lowest BCUT2D eigenvalue weighted by atomic mass is 10.0. The molecule has 2 N–H and O–H groups in total. The molecule has 0 radical (unpaired) electrons. The average molecular weight is 457 g/mol. The van der Waals surface area contributed by atoms with E-state index in [1.165, 1.54) is 0 Å². The van der Waals surface area contributed by atoms with Gasteiger partial charge in [0.25, 0.3) is 5.91 Å². The van der Waals surface area contributed by atoms with Crippen LogP contribution in [0.5, 0.6) is 0 Å². The minimum atomic E-state index is -0.873. The number of amides is 2. The van der Waals surface area contributed by atoms with E-state index in [0.717, 1.165) is 10.9 Å². The first-order valence-corrected chi connectivity index (χ1v) is 10.8. The number of carbonyl (C=O) groups is 3. The van der Waals surface area contributed by atoms with Crippen LogP contribution >= 0.6 is 0 Å². The smallest absolute Gasteiger partial charge is 0.310 e. The second-order valence-corrected chi connectivity index (χ2v) is 7.44. The van der Waals surface area contributed by atoms with Crippen molar-refractivity contribution in [2.24, 2.45) is 0 Å². The summed E-state index contributed by atoms with van der Waals surface area (Å²) >= 11 is 0. The van der Waals surface area contributed by atoms with E-state index in [2.05, 4.69) is 20.9 Å². The van der Waals surface area contributed by atoms with Gasteiger partial charge in [0.1, 0.15) is 0 Å². The summed E-state index contributed by atoms with van der Waals surface area (Å²) < 4.78 is 1.55. The summed E-state index contributed by atoms with van der Waals surface area (Å²) in [6.45, 7) is 1.91. The third kappa shape index (κ3) is 5.16. The van der Waals surface area contributed by atoms with Gasteiger partial charge in [-0.3, -0.25) is 19.2 Å². The topological polar surface area (TPSA) is 115 Å². The van der Waals surface area contributed by atoms with Crippen LogP contribution in [-0.4, -0.2) is 39.0 Å². The maximum atomic E-state index is 13.3. The fraction of sp³-hybridized carbons (Fsp3) is 0.160. The molecule has 0 bridgehead atoms. The van der Waals surface area contributed by atoms with Gasteiger partial charge in [0, 0.05) is 24.2 Å². The van der Waals surface area contributed by atoms with Crippen LogP contribution in [0.3, 0.4) is 0 Å². The van der Waals surface area contributed by atoms with E-state index >= 15 is 0 Å². The van der Waals surface area contributed by atoms with E-state index in [9.17, 15) is 14.4 Å². The lowest BCUT2D eigenvalue weighted by Crippen LogP contribution is -2.36. The molecule has 0 aliphatic carbocycles. The number of Topliss-reactive ketones (excluding diaryl/α,β-unsaturated/α-hetero) is 1. The van der Waals surface area contributed by atoms with Gasteiger partial charge in [-0.1, -0.05) is 48.5 Å². The molecule has 172 valence electrons. The van der Waals surface area contributed by atoms with Gasteiger partial charge in [-0.05, 0) is 30.7 Å². The van der Waals surface area contributed by atoms with Crippen molar-refractivity contribution >= 4 is 28.5 Å². The number of hydrogen-bond donors (Lipinski definition) is 2. The van der Waals surface area contributed by atoms with Crippen LogP contribution in [0.2, 0.25) is 0 Å². The minimum absolute atomic E-state index is 0.226. The summed E-state index contributed by atoms with van der Waals surface area (Å²) in [7, 11) is 0. The standard InChI is InChI=1S/C25H23N5O4/c1-2-34-29-25(33)22(31)15-21(17-9-4-3-5-10-17)27-24(32)19-12-8-14-26-23(19)30-16-18-11-6-7-13-20(18)28-30/h3-14,16,21H,2,15H2,1H3,(H,27,32)(H,29,33).